The van der Waals surface area contributed by atoms with Gasteiger partial charge in [0.2, 0.25) is 5.91 Å². The molecule has 0 radical (unpaired) electrons. The van der Waals surface area contributed by atoms with Crippen molar-refractivity contribution < 1.29 is 19.4 Å². The molecule has 0 spiro atoms. The number of anilines is 1. The summed E-state index contributed by atoms with van der Waals surface area (Å²) in [6.45, 7) is -0.411. The number of fused-ring (bicyclic) bond motifs is 3. The molecular weight excluding hydrogens is 434 g/mol. The number of aromatic nitrogens is 3. The van der Waals surface area contributed by atoms with Gasteiger partial charge in [-0.1, -0.05) is 23.8 Å². The van der Waals surface area contributed by atoms with Crippen molar-refractivity contribution in [1.29, 1.82) is 0 Å². The van der Waals surface area contributed by atoms with Gasteiger partial charge in [-0.15, -0.1) is 0 Å². The molecule has 10 heteroatoms. The number of aliphatic carboxylic acids is 1. The van der Waals surface area contributed by atoms with Crippen LogP contribution >= 0.6 is 11.6 Å². The number of H-pyrrole nitrogens is 1. The second kappa shape index (κ2) is 7.83. The number of carbonyl (C=O) groups excluding carboxylic acids is 1. The average molecular weight is 454 g/mol. The molecule has 4 atom stereocenters. The monoisotopic (exact) mass is 453 g/mol. The van der Waals surface area contributed by atoms with Crippen molar-refractivity contribution in [3.8, 4) is 17.1 Å². The number of nitrogens with one attached hydrogen (secondary N) is 2. The molecule has 1 saturated carbocycles. The number of pyridine rings is 1. The highest BCUT2D eigenvalue weighted by Gasteiger charge is 2.47. The Bertz CT molecular complexity index is 1240. The van der Waals surface area contributed by atoms with E-state index in [-0.39, 0.29) is 29.7 Å². The lowest BCUT2D eigenvalue weighted by molar-refractivity contribution is -0.139. The van der Waals surface area contributed by atoms with Gasteiger partial charge >= 0.3 is 5.97 Å². The molecule has 2 bridgehead atoms. The number of nitrogens with two attached hydrogens (primary N) is 1. The lowest BCUT2D eigenvalue weighted by Gasteiger charge is -2.28. The van der Waals surface area contributed by atoms with Crippen molar-refractivity contribution >= 4 is 40.3 Å². The van der Waals surface area contributed by atoms with Crippen LogP contribution in [0.2, 0.25) is 5.02 Å². The van der Waals surface area contributed by atoms with Crippen LogP contribution in [0.1, 0.15) is 6.42 Å². The molecule has 164 valence electrons. The van der Waals surface area contributed by atoms with E-state index in [0.717, 1.165) is 12.0 Å². The Morgan fingerprint density at radius 3 is 2.72 bits per heavy atom. The molecule has 2 heterocycles. The zero-order chi connectivity index (χ0) is 22.4. The van der Waals surface area contributed by atoms with E-state index in [1.807, 2.05) is 0 Å². The van der Waals surface area contributed by atoms with Crippen molar-refractivity contribution in [3.05, 3.63) is 47.6 Å². The SMILES string of the molecule is NC(=O)[C@H]1[C@H](Nc2c(Cl)cnc3nc(-c4ccc(OCC(=O)O)cc4)[nH]c23)[C@@H]2C=C[C@@H]1C2. The first-order valence-corrected chi connectivity index (χ1v) is 10.5. The van der Waals surface area contributed by atoms with Crippen LogP contribution in [-0.2, 0) is 9.59 Å². The summed E-state index contributed by atoms with van der Waals surface area (Å²) >= 11 is 6.48. The second-order valence-corrected chi connectivity index (χ2v) is 8.43. The largest absolute Gasteiger partial charge is 0.482 e. The predicted molar refractivity (Wildman–Crippen MR) is 118 cm³/mol. The summed E-state index contributed by atoms with van der Waals surface area (Å²) in [6.07, 6.45) is 6.62. The molecule has 2 aliphatic rings. The quantitative estimate of drug-likeness (QED) is 0.402. The smallest absolute Gasteiger partial charge is 0.341 e. The van der Waals surface area contributed by atoms with E-state index in [4.69, 9.17) is 27.2 Å². The van der Waals surface area contributed by atoms with Crippen molar-refractivity contribution in [2.45, 2.75) is 12.5 Å². The Morgan fingerprint density at radius 2 is 2.00 bits per heavy atom. The van der Waals surface area contributed by atoms with Gasteiger partial charge < -0.3 is 25.9 Å². The molecule has 0 saturated heterocycles. The van der Waals surface area contributed by atoms with Crippen LogP contribution in [-0.4, -0.2) is 44.6 Å². The van der Waals surface area contributed by atoms with Gasteiger partial charge in [0.15, 0.2) is 12.3 Å². The van der Waals surface area contributed by atoms with Crippen LogP contribution < -0.4 is 15.8 Å². The van der Waals surface area contributed by atoms with Gasteiger partial charge in [0.05, 0.1) is 22.8 Å². The summed E-state index contributed by atoms with van der Waals surface area (Å²) in [5.74, 6) is -0.303. The Labute approximate surface area is 187 Å². The number of hydrogen-bond acceptors (Lipinski definition) is 6. The van der Waals surface area contributed by atoms with Crippen molar-refractivity contribution in [2.75, 3.05) is 11.9 Å². The first-order valence-electron chi connectivity index (χ1n) is 10.1. The number of halogens is 1. The van der Waals surface area contributed by atoms with Gasteiger partial charge in [0.1, 0.15) is 17.1 Å². The molecule has 1 aromatic carbocycles. The zero-order valence-corrected chi connectivity index (χ0v) is 17.5. The van der Waals surface area contributed by atoms with Crippen LogP contribution in [0.25, 0.3) is 22.6 Å². The maximum Gasteiger partial charge on any atom is 0.341 e. The minimum Gasteiger partial charge on any atom is -0.482 e. The van der Waals surface area contributed by atoms with E-state index in [0.29, 0.717) is 33.4 Å². The Hall–Kier alpha value is -3.59. The summed E-state index contributed by atoms with van der Waals surface area (Å²) in [5, 5.41) is 12.6. The molecule has 1 fully saturated rings. The van der Waals surface area contributed by atoms with Crippen LogP contribution in [0.3, 0.4) is 0 Å². The first-order chi connectivity index (χ1) is 15.4. The number of primary amides is 1. The maximum absolute atomic E-state index is 12.1. The lowest BCUT2D eigenvalue weighted by Crippen LogP contribution is -2.41. The number of carboxylic acids is 1. The van der Waals surface area contributed by atoms with Crippen molar-refractivity contribution in [3.63, 3.8) is 0 Å². The highest BCUT2D eigenvalue weighted by molar-refractivity contribution is 6.34. The van der Waals surface area contributed by atoms with Crippen LogP contribution in [0, 0.1) is 17.8 Å². The van der Waals surface area contributed by atoms with Gasteiger partial charge in [-0.05, 0) is 42.5 Å². The van der Waals surface area contributed by atoms with E-state index in [1.165, 1.54) is 6.20 Å². The molecule has 0 unspecified atom stereocenters. The van der Waals surface area contributed by atoms with Gasteiger partial charge in [-0.2, -0.15) is 0 Å². The summed E-state index contributed by atoms with van der Waals surface area (Å²) in [7, 11) is 0. The van der Waals surface area contributed by atoms with Crippen molar-refractivity contribution in [1.82, 2.24) is 15.0 Å². The zero-order valence-electron chi connectivity index (χ0n) is 16.8. The van der Waals surface area contributed by atoms with Gasteiger partial charge in [-0.25, -0.2) is 14.8 Å². The summed E-state index contributed by atoms with van der Waals surface area (Å²) in [6, 6.07) is 6.73. The number of rotatable bonds is 7. The molecular formula is C22H20ClN5O4. The van der Waals surface area contributed by atoms with Crippen LogP contribution in [0.5, 0.6) is 5.75 Å². The highest BCUT2D eigenvalue weighted by Crippen LogP contribution is 2.46. The molecule has 5 N–H and O–H groups in total. The summed E-state index contributed by atoms with van der Waals surface area (Å²) in [4.78, 5) is 34.9. The van der Waals surface area contributed by atoms with E-state index in [9.17, 15) is 9.59 Å². The first kappa shape index (κ1) is 20.3. The fraction of sp³-hybridized carbons (Fsp3) is 0.273. The molecule has 9 nitrogen and oxygen atoms in total. The fourth-order valence-corrected chi connectivity index (χ4v) is 4.84. The number of carbonyl (C=O) groups is 2. The van der Waals surface area contributed by atoms with E-state index >= 15 is 0 Å². The molecule has 5 rings (SSSR count). The minimum atomic E-state index is -1.04. The van der Waals surface area contributed by atoms with Crippen LogP contribution in [0.15, 0.2) is 42.6 Å². The Kier molecular flexibility index (Phi) is 4.97. The van der Waals surface area contributed by atoms with E-state index < -0.39 is 12.6 Å². The highest BCUT2D eigenvalue weighted by atomic mass is 35.5. The number of aromatic amines is 1. The molecule has 3 aromatic rings. The van der Waals surface area contributed by atoms with Crippen LogP contribution in [0.4, 0.5) is 5.69 Å². The number of imidazole rings is 1. The van der Waals surface area contributed by atoms with E-state index in [1.54, 1.807) is 24.3 Å². The minimum absolute atomic E-state index is 0.144. The number of ether oxygens (including phenoxy) is 1. The fourth-order valence-electron chi connectivity index (χ4n) is 4.64. The number of benzene rings is 1. The van der Waals surface area contributed by atoms with Gasteiger partial charge in [-0.3, -0.25) is 4.79 Å². The maximum atomic E-state index is 12.1. The molecule has 0 aliphatic heterocycles. The third kappa shape index (κ3) is 3.54. The molecule has 1 amide bonds. The Morgan fingerprint density at radius 1 is 1.25 bits per heavy atom. The topological polar surface area (TPSA) is 143 Å². The summed E-state index contributed by atoms with van der Waals surface area (Å²) < 4.78 is 5.17. The number of amides is 1. The van der Waals surface area contributed by atoms with Gasteiger partial charge in [0.25, 0.3) is 0 Å². The Balaban J connectivity index is 1.45. The number of hydrogen-bond donors (Lipinski definition) is 4. The molecule has 2 aromatic heterocycles. The predicted octanol–water partition coefficient (Wildman–Crippen LogP) is 2.83. The normalized spacial score (nSPS) is 23.5. The number of carboxylic acid groups (broad SMARTS) is 1. The third-order valence-corrected chi connectivity index (χ3v) is 6.35. The lowest BCUT2D eigenvalue weighted by atomic mass is 9.88. The number of nitrogens with zero attached hydrogens (tertiary/aromatic N) is 2. The third-order valence-electron chi connectivity index (χ3n) is 6.06. The standard InChI is InChI=1S/C22H20ClN5O4/c23-14-8-25-22-19(18(14)26-17-12-2-1-11(7-12)16(17)20(24)31)27-21(28-22)10-3-5-13(6-4-10)32-9-15(29)30/h1-6,8,11-12,16-17H,7,9H2,(H2,24,31)(H,29,30)(H2,25,26,27,28)/t11-,12-,16-,17-/m1/s1. The van der Waals surface area contributed by atoms with E-state index in [2.05, 4.69) is 32.4 Å². The number of allylic oxidation sites excluding steroid dienone is 1. The second-order valence-electron chi connectivity index (χ2n) is 8.02. The van der Waals surface area contributed by atoms with Gasteiger partial charge in [0, 0.05) is 11.6 Å². The average Bonchev–Trinajstić information content (AvgIpc) is 3.49. The molecule has 32 heavy (non-hydrogen) atoms. The molecule has 2 aliphatic carbocycles. The van der Waals surface area contributed by atoms with Crippen molar-refractivity contribution in [2.24, 2.45) is 23.5 Å². The summed E-state index contributed by atoms with van der Waals surface area (Å²) in [5.41, 5.74) is 8.20.